The van der Waals surface area contributed by atoms with Gasteiger partial charge in [0.1, 0.15) is 0 Å². The summed E-state index contributed by atoms with van der Waals surface area (Å²) >= 11 is 1.87. The molecule has 0 N–H and O–H groups in total. The number of para-hydroxylation sites is 1. The zero-order valence-electron chi connectivity index (χ0n) is 30.9. The van der Waals surface area contributed by atoms with E-state index in [0.29, 0.717) is 17.5 Å². The van der Waals surface area contributed by atoms with Gasteiger partial charge >= 0.3 is 0 Å². The zero-order valence-corrected chi connectivity index (χ0v) is 31.7. The fraction of sp³-hybridized carbons (Fsp3) is 0.0192. The third kappa shape index (κ3) is 5.88. The van der Waals surface area contributed by atoms with Crippen LogP contribution < -0.4 is 9.75 Å². The van der Waals surface area contributed by atoms with Gasteiger partial charge in [0, 0.05) is 58.6 Å². The Morgan fingerprint density at radius 2 is 1.07 bits per heavy atom. The van der Waals surface area contributed by atoms with Crippen molar-refractivity contribution in [1.82, 2.24) is 19.5 Å². The molecule has 1 aliphatic rings. The van der Waals surface area contributed by atoms with E-state index in [0.717, 1.165) is 34.4 Å². The monoisotopic (exact) mass is 746 g/mol. The van der Waals surface area contributed by atoms with Crippen molar-refractivity contribution >= 4 is 55.4 Å². The molecule has 3 aromatic heterocycles. The fourth-order valence-corrected chi connectivity index (χ4v) is 9.38. The molecule has 5 heteroatoms. The van der Waals surface area contributed by atoms with Crippen molar-refractivity contribution in [3.8, 4) is 62.1 Å². The number of thiophene rings is 1. The molecule has 268 valence electrons. The van der Waals surface area contributed by atoms with E-state index < -0.39 is 0 Å². The van der Waals surface area contributed by atoms with Crippen LogP contribution in [0.3, 0.4) is 0 Å². The SMILES string of the molecule is C1=CCC=c2sc3c(-c4cccc(-c5nc(-c6ccccc6)nc(-c6ccccc6)n5)c4)cc(-n4c5ccccc5c5ccc(-c6ccccc6)cc54)cc3c2=C1. The number of hydrogen-bond donors (Lipinski definition) is 0. The lowest BCUT2D eigenvalue weighted by Gasteiger charge is -2.14. The Kier molecular flexibility index (Phi) is 8.04. The van der Waals surface area contributed by atoms with Crippen LogP contribution in [0.25, 0.3) is 106 Å². The highest BCUT2D eigenvalue weighted by molar-refractivity contribution is 7.17. The van der Waals surface area contributed by atoms with Crippen molar-refractivity contribution in [2.24, 2.45) is 0 Å². The van der Waals surface area contributed by atoms with Crippen molar-refractivity contribution < 1.29 is 0 Å². The Labute approximate surface area is 333 Å². The van der Waals surface area contributed by atoms with Crippen molar-refractivity contribution in [2.75, 3.05) is 0 Å². The quantitative estimate of drug-likeness (QED) is 0.170. The zero-order chi connectivity index (χ0) is 37.7. The smallest absolute Gasteiger partial charge is 0.164 e. The summed E-state index contributed by atoms with van der Waals surface area (Å²) in [5.41, 5.74) is 11.0. The van der Waals surface area contributed by atoms with Crippen LogP contribution in [0.4, 0.5) is 0 Å². The third-order valence-corrected chi connectivity index (χ3v) is 12.1. The van der Waals surface area contributed by atoms with E-state index in [1.807, 2.05) is 72.0 Å². The largest absolute Gasteiger partial charge is 0.309 e. The topological polar surface area (TPSA) is 43.6 Å². The molecule has 0 saturated carbocycles. The summed E-state index contributed by atoms with van der Waals surface area (Å²) in [6, 6.07) is 60.1. The van der Waals surface area contributed by atoms with Gasteiger partial charge in [0.2, 0.25) is 0 Å². The van der Waals surface area contributed by atoms with Crippen molar-refractivity contribution in [3.05, 3.63) is 192 Å². The molecule has 3 heterocycles. The maximum atomic E-state index is 5.08. The third-order valence-electron chi connectivity index (χ3n) is 10.8. The van der Waals surface area contributed by atoms with Crippen LogP contribution in [0, 0.1) is 0 Å². The Morgan fingerprint density at radius 3 is 1.81 bits per heavy atom. The van der Waals surface area contributed by atoms with E-state index in [2.05, 4.69) is 138 Å². The van der Waals surface area contributed by atoms with Crippen molar-refractivity contribution in [1.29, 1.82) is 0 Å². The van der Waals surface area contributed by atoms with Gasteiger partial charge in [0.05, 0.1) is 11.0 Å². The maximum Gasteiger partial charge on any atom is 0.164 e. The number of nitrogens with zero attached hydrogens (tertiary/aromatic N) is 4. The summed E-state index contributed by atoms with van der Waals surface area (Å²) in [5, 5.41) is 4.99. The Hall–Kier alpha value is -7.21. The summed E-state index contributed by atoms with van der Waals surface area (Å²) in [6.45, 7) is 0. The number of allylic oxidation sites excluding steroid dienone is 2. The molecular weight excluding hydrogens is 713 g/mol. The molecule has 0 bridgehead atoms. The minimum absolute atomic E-state index is 0.640. The highest BCUT2D eigenvalue weighted by Gasteiger charge is 2.19. The highest BCUT2D eigenvalue weighted by Crippen LogP contribution is 2.39. The molecule has 11 rings (SSSR count). The summed E-state index contributed by atoms with van der Waals surface area (Å²) in [7, 11) is 0. The van der Waals surface area contributed by atoms with Gasteiger partial charge in [0.15, 0.2) is 17.5 Å². The molecule has 0 atom stereocenters. The lowest BCUT2D eigenvalue weighted by molar-refractivity contribution is 1.07. The van der Waals surface area contributed by atoms with Gasteiger partial charge in [-0.1, -0.05) is 164 Å². The number of rotatable bonds is 6. The van der Waals surface area contributed by atoms with Crippen molar-refractivity contribution in [3.63, 3.8) is 0 Å². The summed E-state index contributed by atoms with van der Waals surface area (Å²) in [6.07, 6.45) is 9.97. The predicted molar refractivity (Wildman–Crippen MR) is 239 cm³/mol. The van der Waals surface area contributed by atoms with Gasteiger partial charge in [0.25, 0.3) is 0 Å². The van der Waals surface area contributed by atoms with Gasteiger partial charge in [-0.3, -0.25) is 0 Å². The minimum Gasteiger partial charge on any atom is -0.309 e. The van der Waals surface area contributed by atoms with Crippen LogP contribution in [0.15, 0.2) is 182 Å². The van der Waals surface area contributed by atoms with Gasteiger partial charge in [-0.25, -0.2) is 15.0 Å². The van der Waals surface area contributed by atoms with Crippen LogP contribution in [0.2, 0.25) is 0 Å². The van der Waals surface area contributed by atoms with Crippen LogP contribution >= 0.6 is 11.3 Å². The Balaban J connectivity index is 1.16. The molecule has 0 aliphatic heterocycles. The lowest BCUT2D eigenvalue weighted by atomic mass is 9.99. The van der Waals surface area contributed by atoms with Crippen LogP contribution in [0.5, 0.6) is 0 Å². The standard InChI is InChI=1S/C52H34N4S/c1-5-16-34(17-6-1)37-28-29-42-41-24-13-14-26-46(41)56(47(42)31-37)40-32-44(49-45(33-40)43-25-11-4-12-27-48(43)57-49)38-22-15-23-39(30-38)52-54-50(35-18-7-2-8-19-35)53-51(55-52)36-20-9-3-10-21-36/h1-11,13-33H,12H2. The predicted octanol–water partition coefficient (Wildman–Crippen LogP) is 12.0. The first-order valence-corrected chi connectivity index (χ1v) is 20.1. The van der Waals surface area contributed by atoms with Gasteiger partial charge in [-0.15, -0.1) is 11.3 Å². The Morgan fingerprint density at radius 1 is 0.456 bits per heavy atom. The second kappa shape index (κ2) is 13.8. The van der Waals surface area contributed by atoms with Crippen LogP contribution in [-0.4, -0.2) is 19.5 Å². The molecule has 1 aliphatic carbocycles. The molecular formula is C52H34N4S. The molecule has 7 aromatic carbocycles. The van der Waals surface area contributed by atoms with Gasteiger partial charge in [-0.2, -0.15) is 0 Å². The summed E-state index contributed by atoms with van der Waals surface area (Å²) < 4.78 is 5.02. The average molecular weight is 747 g/mol. The highest BCUT2D eigenvalue weighted by atomic mass is 32.1. The first-order chi connectivity index (χ1) is 28.2. The van der Waals surface area contributed by atoms with Crippen molar-refractivity contribution in [2.45, 2.75) is 6.42 Å². The molecule has 0 saturated heterocycles. The number of fused-ring (bicyclic) bond motifs is 6. The van der Waals surface area contributed by atoms with Gasteiger partial charge in [-0.05, 0) is 53.4 Å². The van der Waals surface area contributed by atoms with E-state index in [1.54, 1.807) is 0 Å². The van der Waals surface area contributed by atoms with E-state index in [4.69, 9.17) is 15.0 Å². The van der Waals surface area contributed by atoms with Crippen LogP contribution in [0.1, 0.15) is 6.42 Å². The first-order valence-electron chi connectivity index (χ1n) is 19.3. The Bertz CT molecular complexity index is 3250. The fourth-order valence-electron chi connectivity index (χ4n) is 8.13. The van der Waals surface area contributed by atoms with E-state index in [9.17, 15) is 0 Å². The molecule has 0 unspecified atom stereocenters. The maximum absolute atomic E-state index is 5.08. The molecule has 0 spiro atoms. The molecule has 57 heavy (non-hydrogen) atoms. The molecule has 10 aromatic rings. The number of hydrogen-bond acceptors (Lipinski definition) is 4. The summed E-state index contributed by atoms with van der Waals surface area (Å²) in [5.74, 6) is 1.94. The molecule has 0 radical (unpaired) electrons. The second-order valence-electron chi connectivity index (χ2n) is 14.4. The normalized spacial score (nSPS) is 12.4. The van der Waals surface area contributed by atoms with E-state index in [-0.39, 0.29) is 0 Å². The van der Waals surface area contributed by atoms with Crippen LogP contribution in [-0.2, 0) is 0 Å². The molecule has 0 amide bonds. The molecule has 0 fully saturated rings. The molecule has 4 nitrogen and oxygen atoms in total. The van der Waals surface area contributed by atoms with E-state index >= 15 is 0 Å². The summed E-state index contributed by atoms with van der Waals surface area (Å²) in [4.78, 5) is 15.1. The first kappa shape index (κ1) is 33.2. The minimum atomic E-state index is 0.640. The number of aromatic nitrogens is 4. The van der Waals surface area contributed by atoms with Gasteiger partial charge < -0.3 is 4.57 Å². The number of benzene rings is 7. The van der Waals surface area contributed by atoms with E-state index in [1.165, 1.54) is 58.3 Å². The lowest BCUT2D eigenvalue weighted by Crippen LogP contribution is -2.17. The second-order valence-corrected chi connectivity index (χ2v) is 15.4. The average Bonchev–Trinajstić information content (AvgIpc) is 3.70.